The van der Waals surface area contributed by atoms with Crippen molar-refractivity contribution in [3.05, 3.63) is 35.5 Å². The largest absolute Gasteiger partial charge is 0.495 e. The van der Waals surface area contributed by atoms with Gasteiger partial charge in [0.2, 0.25) is 15.9 Å². The van der Waals surface area contributed by atoms with Gasteiger partial charge in [0.25, 0.3) is 5.91 Å². The minimum atomic E-state index is -3.78. The number of aromatic nitrogens is 2. The van der Waals surface area contributed by atoms with E-state index in [9.17, 15) is 13.2 Å². The molecule has 1 saturated carbocycles. The first kappa shape index (κ1) is 21.3. The Bertz CT molecular complexity index is 996. The van der Waals surface area contributed by atoms with E-state index in [-0.39, 0.29) is 22.1 Å². The molecule has 10 heteroatoms. The second-order valence-electron chi connectivity index (χ2n) is 7.61. The molecule has 29 heavy (non-hydrogen) atoms. The number of nitrogens with zero attached hydrogens (tertiary/aromatic N) is 3. The molecule has 1 aliphatic carbocycles. The summed E-state index contributed by atoms with van der Waals surface area (Å²) in [6.45, 7) is 3.86. The topological polar surface area (TPSA) is 115 Å². The van der Waals surface area contributed by atoms with Gasteiger partial charge in [-0.25, -0.2) is 12.7 Å². The molecule has 158 valence electrons. The minimum Gasteiger partial charge on any atom is -0.495 e. The van der Waals surface area contributed by atoms with Crippen LogP contribution in [0.4, 0.5) is 0 Å². The van der Waals surface area contributed by atoms with Crippen molar-refractivity contribution in [3.63, 3.8) is 0 Å². The third-order valence-corrected chi connectivity index (χ3v) is 6.64. The normalized spacial score (nSPS) is 15.6. The van der Waals surface area contributed by atoms with Crippen molar-refractivity contribution in [2.75, 3.05) is 21.2 Å². The van der Waals surface area contributed by atoms with E-state index >= 15 is 0 Å². The molecule has 0 aliphatic heterocycles. The highest BCUT2D eigenvalue weighted by atomic mass is 32.2. The van der Waals surface area contributed by atoms with Gasteiger partial charge in [0.1, 0.15) is 16.7 Å². The molecule has 1 aliphatic rings. The molecule has 0 spiro atoms. The van der Waals surface area contributed by atoms with Crippen LogP contribution in [-0.4, -0.2) is 50.0 Å². The van der Waals surface area contributed by atoms with Gasteiger partial charge in [-0.2, -0.15) is 4.98 Å². The number of carbonyl (C=O) groups is 1. The lowest BCUT2D eigenvalue weighted by Gasteiger charge is -2.19. The van der Waals surface area contributed by atoms with Crippen LogP contribution in [0, 0.1) is 5.92 Å². The molecule has 1 atom stereocenters. The van der Waals surface area contributed by atoms with Crippen LogP contribution in [0.15, 0.2) is 27.6 Å². The molecule has 0 radical (unpaired) electrons. The summed E-state index contributed by atoms with van der Waals surface area (Å²) >= 11 is 0. The van der Waals surface area contributed by atoms with E-state index in [2.05, 4.69) is 15.5 Å². The second-order valence-corrected chi connectivity index (χ2v) is 9.73. The molecule has 3 rings (SSSR count). The average Bonchev–Trinajstić information content (AvgIpc) is 3.42. The standard InChI is InChI=1S/C19H26N4O5S/c1-11(2)16(19-21-17(22-28-19)12-6-7-12)20-18(24)13-8-9-14(27-5)15(10-13)29(25,26)23(3)4/h8-12,16H,6-7H2,1-5H3,(H,20,24). The van der Waals surface area contributed by atoms with Crippen molar-refractivity contribution in [2.24, 2.45) is 5.92 Å². The zero-order chi connectivity index (χ0) is 21.3. The zero-order valence-corrected chi connectivity index (χ0v) is 18.0. The Hall–Kier alpha value is -2.46. The van der Waals surface area contributed by atoms with Gasteiger partial charge in [-0.3, -0.25) is 4.79 Å². The summed E-state index contributed by atoms with van der Waals surface area (Å²) in [7, 11) is 0.436. The molecule has 1 amide bonds. The number of amides is 1. The van der Waals surface area contributed by atoms with Crippen molar-refractivity contribution >= 4 is 15.9 Å². The maximum atomic E-state index is 12.9. The summed E-state index contributed by atoms with van der Waals surface area (Å²) in [5.41, 5.74) is 0.193. The number of rotatable bonds is 8. The molecule has 1 aromatic heterocycles. The van der Waals surface area contributed by atoms with Gasteiger partial charge in [0.15, 0.2) is 5.82 Å². The van der Waals surface area contributed by atoms with Gasteiger partial charge < -0.3 is 14.6 Å². The van der Waals surface area contributed by atoms with Crippen LogP contribution in [0.3, 0.4) is 0 Å². The van der Waals surface area contributed by atoms with E-state index in [0.29, 0.717) is 17.6 Å². The first-order valence-corrected chi connectivity index (χ1v) is 10.8. The molecule has 2 aromatic rings. The van der Waals surface area contributed by atoms with Crippen LogP contribution in [-0.2, 0) is 10.0 Å². The fourth-order valence-corrected chi connectivity index (χ4v) is 3.91. The zero-order valence-electron chi connectivity index (χ0n) is 17.2. The third kappa shape index (κ3) is 4.43. The molecule has 1 aromatic carbocycles. The summed E-state index contributed by atoms with van der Waals surface area (Å²) in [4.78, 5) is 17.2. The van der Waals surface area contributed by atoms with Crippen LogP contribution in [0.25, 0.3) is 0 Å². The van der Waals surface area contributed by atoms with E-state index in [4.69, 9.17) is 9.26 Å². The first-order chi connectivity index (χ1) is 13.6. The van der Waals surface area contributed by atoms with Gasteiger partial charge in [0.05, 0.1) is 7.11 Å². The van der Waals surface area contributed by atoms with E-state index in [1.165, 1.54) is 39.4 Å². The van der Waals surface area contributed by atoms with Gasteiger partial charge in [-0.05, 0) is 37.0 Å². The lowest BCUT2D eigenvalue weighted by atomic mass is 10.0. The number of sulfonamides is 1. The molecular formula is C19H26N4O5S. The highest BCUT2D eigenvalue weighted by Gasteiger charge is 2.32. The lowest BCUT2D eigenvalue weighted by Crippen LogP contribution is -2.32. The summed E-state index contributed by atoms with van der Waals surface area (Å²) in [6.07, 6.45) is 2.10. The highest BCUT2D eigenvalue weighted by molar-refractivity contribution is 7.89. The molecule has 1 heterocycles. The second kappa shape index (κ2) is 8.11. The van der Waals surface area contributed by atoms with Crippen LogP contribution < -0.4 is 10.1 Å². The van der Waals surface area contributed by atoms with Crippen molar-refractivity contribution in [1.82, 2.24) is 19.8 Å². The first-order valence-electron chi connectivity index (χ1n) is 9.40. The quantitative estimate of drug-likeness (QED) is 0.694. The minimum absolute atomic E-state index is 0.00493. The summed E-state index contributed by atoms with van der Waals surface area (Å²) in [5.74, 6) is 1.09. The number of nitrogens with one attached hydrogen (secondary N) is 1. The predicted molar refractivity (Wildman–Crippen MR) is 105 cm³/mol. The number of ether oxygens (including phenoxy) is 1. The monoisotopic (exact) mass is 422 g/mol. The van der Waals surface area contributed by atoms with Crippen molar-refractivity contribution in [1.29, 1.82) is 0 Å². The summed E-state index contributed by atoms with van der Waals surface area (Å²) < 4.78 is 36.8. The molecule has 1 N–H and O–H groups in total. The Kier molecular flexibility index (Phi) is 5.95. The van der Waals surface area contributed by atoms with E-state index in [1.807, 2.05) is 13.8 Å². The molecule has 9 nitrogen and oxygen atoms in total. The summed E-state index contributed by atoms with van der Waals surface area (Å²) in [6, 6.07) is 3.81. The molecular weight excluding hydrogens is 396 g/mol. The molecule has 1 unspecified atom stereocenters. The molecule has 0 bridgehead atoms. The Morgan fingerprint density at radius 3 is 2.55 bits per heavy atom. The number of benzene rings is 1. The molecule has 0 saturated heterocycles. The Labute approximate surface area is 170 Å². The van der Waals surface area contributed by atoms with Crippen molar-refractivity contribution in [2.45, 2.75) is 43.5 Å². The SMILES string of the molecule is COc1ccc(C(=O)NC(c2nc(C3CC3)no2)C(C)C)cc1S(=O)(=O)N(C)C. The van der Waals surface area contributed by atoms with Crippen LogP contribution in [0.2, 0.25) is 0 Å². The average molecular weight is 423 g/mol. The third-order valence-electron chi connectivity index (χ3n) is 4.80. The highest BCUT2D eigenvalue weighted by Crippen LogP contribution is 2.38. The van der Waals surface area contributed by atoms with E-state index < -0.39 is 22.0 Å². The van der Waals surface area contributed by atoms with E-state index in [1.54, 1.807) is 0 Å². The Morgan fingerprint density at radius 1 is 1.31 bits per heavy atom. The van der Waals surface area contributed by atoms with E-state index in [0.717, 1.165) is 17.1 Å². The maximum Gasteiger partial charge on any atom is 0.251 e. The number of methoxy groups -OCH3 is 1. The van der Waals surface area contributed by atoms with Crippen molar-refractivity contribution < 1.29 is 22.5 Å². The predicted octanol–water partition coefficient (Wildman–Crippen LogP) is 2.33. The number of hydrogen-bond acceptors (Lipinski definition) is 7. The molecule has 1 fully saturated rings. The fourth-order valence-electron chi connectivity index (χ4n) is 2.84. The van der Waals surface area contributed by atoms with Crippen LogP contribution >= 0.6 is 0 Å². The van der Waals surface area contributed by atoms with Gasteiger partial charge >= 0.3 is 0 Å². The fraction of sp³-hybridized carbons (Fsp3) is 0.526. The maximum absolute atomic E-state index is 12.9. The number of carbonyl (C=O) groups excluding carboxylic acids is 1. The Balaban J connectivity index is 1.88. The van der Waals surface area contributed by atoms with Crippen molar-refractivity contribution in [3.8, 4) is 5.75 Å². The van der Waals surface area contributed by atoms with Crippen LogP contribution in [0.1, 0.15) is 60.7 Å². The van der Waals surface area contributed by atoms with Gasteiger partial charge in [-0.15, -0.1) is 0 Å². The van der Waals surface area contributed by atoms with Gasteiger partial charge in [0, 0.05) is 25.6 Å². The van der Waals surface area contributed by atoms with Gasteiger partial charge in [-0.1, -0.05) is 19.0 Å². The summed E-state index contributed by atoms with van der Waals surface area (Å²) in [5, 5.41) is 6.89. The van der Waals surface area contributed by atoms with Crippen LogP contribution in [0.5, 0.6) is 5.75 Å². The lowest BCUT2D eigenvalue weighted by molar-refractivity contribution is 0.0913. The number of hydrogen-bond donors (Lipinski definition) is 1. The smallest absolute Gasteiger partial charge is 0.251 e. The Morgan fingerprint density at radius 2 is 2.00 bits per heavy atom.